The first kappa shape index (κ1) is 19.1. The van der Waals surface area contributed by atoms with E-state index in [1.165, 1.54) is 4.90 Å². The zero-order valence-corrected chi connectivity index (χ0v) is 16.1. The molecular formula is C18H27N5O4. The van der Waals surface area contributed by atoms with Crippen molar-refractivity contribution in [3.05, 3.63) is 17.7 Å². The van der Waals surface area contributed by atoms with Crippen molar-refractivity contribution in [2.75, 3.05) is 44.2 Å². The first-order chi connectivity index (χ1) is 12.7. The Morgan fingerprint density at radius 2 is 1.81 bits per heavy atom. The SMILES string of the molecule is CC(C)(C)NC(=O)N1CCN(c2ccc3c(n2)OCCN(C(=O)O)C3)CC1. The second kappa shape index (κ2) is 7.50. The van der Waals surface area contributed by atoms with E-state index < -0.39 is 6.09 Å². The molecule has 0 spiro atoms. The predicted octanol–water partition coefficient (Wildman–Crippen LogP) is 1.58. The Balaban J connectivity index is 1.63. The molecule has 2 aliphatic rings. The van der Waals surface area contributed by atoms with E-state index in [0.717, 1.165) is 11.4 Å². The number of rotatable bonds is 1. The Bertz CT molecular complexity index is 710. The Labute approximate surface area is 158 Å². The van der Waals surface area contributed by atoms with Gasteiger partial charge in [0.25, 0.3) is 0 Å². The topological polar surface area (TPSA) is 98.2 Å². The first-order valence-corrected chi connectivity index (χ1v) is 9.15. The summed E-state index contributed by atoms with van der Waals surface area (Å²) in [5.74, 6) is 1.28. The molecule has 0 aromatic carbocycles. The monoisotopic (exact) mass is 377 g/mol. The van der Waals surface area contributed by atoms with Crippen LogP contribution in [-0.4, -0.2) is 76.9 Å². The Morgan fingerprint density at radius 1 is 1.11 bits per heavy atom. The van der Waals surface area contributed by atoms with Gasteiger partial charge in [-0.25, -0.2) is 9.59 Å². The van der Waals surface area contributed by atoms with Gasteiger partial charge in [0.15, 0.2) is 0 Å². The molecule has 1 aromatic heterocycles. The van der Waals surface area contributed by atoms with Gasteiger partial charge in [-0.05, 0) is 32.9 Å². The van der Waals surface area contributed by atoms with Crippen LogP contribution >= 0.6 is 0 Å². The van der Waals surface area contributed by atoms with Crippen molar-refractivity contribution in [3.8, 4) is 5.88 Å². The smallest absolute Gasteiger partial charge is 0.407 e. The van der Waals surface area contributed by atoms with Crippen molar-refractivity contribution in [1.29, 1.82) is 0 Å². The van der Waals surface area contributed by atoms with Crippen LogP contribution in [0.3, 0.4) is 0 Å². The molecule has 1 aromatic rings. The molecule has 148 valence electrons. The van der Waals surface area contributed by atoms with Gasteiger partial charge in [-0.2, -0.15) is 4.98 Å². The number of carbonyl (C=O) groups is 2. The fourth-order valence-corrected chi connectivity index (χ4v) is 3.12. The van der Waals surface area contributed by atoms with E-state index in [4.69, 9.17) is 4.74 Å². The van der Waals surface area contributed by atoms with Crippen LogP contribution in [-0.2, 0) is 6.54 Å². The highest BCUT2D eigenvalue weighted by Gasteiger charge is 2.26. The molecule has 0 aliphatic carbocycles. The van der Waals surface area contributed by atoms with Gasteiger partial charge in [0.05, 0.1) is 13.1 Å². The van der Waals surface area contributed by atoms with Crippen molar-refractivity contribution < 1.29 is 19.4 Å². The minimum Gasteiger partial charge on any atom is -0.475 e. The highest BCUT2D eigenvalue weighted by molar-refractivity contribution is 5.75. The van der Waals surface area contributed by atoms with Crippen LogP contribution in [0.25, 0.3) is 0 Å². The number of piperazine rings is 1. The molecule has 0 radical (unpaired) electrons. The van der Waals surface area contributed by atoms with Crippen LogP contribution in [0, 0.1) is 0 Å². The standard InChI is InChI=1S/C18H27N5O4/c1-18(2,3)20-16(24)22-8-6-21(7-9-22)14-5-4-13-12-23(17(25)26)10-11-27-15(13)19-14/h4-5H,6-12H2,1-3H3,(H,20,24)(H,25,26). The van der Waals surface area contributed by atoms with Gasteiger partial charge in [0.1, 0.15) is 12.4 Å². The maximum Gasteiger partial charge on any atom is 0.407 e. The number of carboxylic acid groups (broad SMARTS) is 1. The first-order valence-electron chi connectivity index (χ1n) is 9.15. The third-order valence-corrected chi connectivity index (χ3v) is 4.53. The summed E-state index contributed by atoms with van der Waals surface area (Å²) in [6, 6.07) is 3.71. The average Bonchev–Trinajstić information content (AvgIpc) is 2.82. The van der Waals surface area contributed by atoms with Crippen LogP contribution in [0.5, 0.6) is 5.88 Å². The van der Waals surface area contributed by atoms with Gasteiger partial charge in [-0.3, -0.25) is 0 Å². The maximum atomic E-state index is 12.3. The average molecular weight is 377 g/mol. The summed E-state index contributed by atoms with van der Waals surface area (Å²) >= 11 is 0. The summed E-state index contributed by atoms with van der Waals surface area (Å²) < 4.78 is 5.66. The van der Waals surface area contributed by atoms with E-state index in [1.54, 1.807) is 0 Å². The lowest BCUT2D eigenvalue weighted by atomic mass is 10.1. The summed E-state index contributed by atoms with van der Waals surface area (Å²) in [4.78, 5) is 33.3. The van der Waals surface area contributed by atoms with E-state index in [-0.39, 0.29) is 24.7 Å². The number of nitrogens with zero attached hydrogens (tertiary/aromatic N) is 4. The summed E-state index contributed by atoms with van der Waals surface area (Å²) in [6.07, 6.45) is -0.958. The number of hydrogen-bond acceptors (Lipinski definition) is 5. The van der Waals surface area contributed by atoms with Crippen molar-refractivity contribution in [2.45, 2.75) is 32.9 Å². The van der Waals surface area contributed by atoms with E-state index in [1.807, 2.05) is 37.8 Å². The second-order valence-electron chi connectivity index (χ2n) is 7.84. The van der Waals surface area contributed by atoms with Crippen LogP contribution < -0.4 is 15.0 Å². The molecule has 9 heteroatoms. The summed E-state index contributed by atoms with van der Waals surface area (Å²) in [6.45, 7) is 9.39. The zero-order valence-electron chi connectivity index (χ0n) is 16.1. The van der Waals surface area contributed by atoms with Gasteiger partial charge in [-0.15, -0.1) is 0 Å². The molecule has 0 bridgehead atoms. The van der Waals surface area contributed by atoms with Gasteiger partial charge < -0.3 is 29.9 Å². The largest absolute Gasteiger partial charge is 0.475 e. The number of ether oxygens (including phenoxy) is 1. The molecule has 3 amide bonds. The fraction of sp³-hybridized carbons (Fsp3) is 0.611. The van der Waals surface area contributed by atoms with Crippen LogP contribution in [0.2, 0.25) is 0 Å². The highest BCUT2D eigenvalue weighted by atomic mass is 16.5. The van der Waals surface area contributed by atoms with E-state index in [9.17, 15) is 14.7 Å². The lowest BCUT2D eigenvalue weighted by Crippen LogP contribution is -2.55. The molecule has 0 saturated carbocycles. The third kappa shape index (κ3) is 4.72. The number of pyridine rings is 1. The van der Waals surface area contributed by atoms with Crippen LogP contribution in [0.15, 0.2) is 12.1 Å². The number of carbonyl (C=O) groups excluding carboxylic acids is 1. The van der Waals surface area contributed by atoms with Gasteiger partial charge in [-0.1, -0.05) is 0 Å². The second-order valence-corrected chi connectivity index (χ2v) is 7.84. The van der Waals surface area contributed by atoms with E-state index >= 15 is 0 Å². The Hall–Kier alpha value is -2.71. The number of aromatic nitrogens is 1. The quantitative estimate of drug-likeness (QED) is 0.771. The van der Waals surface area contributed by atoms with E-state index in [0.29, 0.717) is 38.6 Å². The highest BCUT2D eigenvalue weighted by Crippen LogP contribution is 2.25. The lowest BCUT2D eigenvalue weighted by molar-refractivity contribution is 0.137. The minimum atomic E-state index is -0.958. The molecule has 3 heterocycles. The Kier molecular flexibility index (Phi) is 5.29. The predicted molar refractivity (Wildman–Crippen MR) is 100 cm³/mol. The number of anilines is 1. The molecule has 3 rings (SSSR count). The number of fused-ring (bicyclic) bond motifs is 1. The summed E-state index contributed by atoms with van der Waals surface area (Å²) in [5, 5.41) is 12.2. The molecule has 27 heavy (non-hydrogen) atoms. The summed E-state index contributed by atoms with van der Waals surface area (Å²) in [7, 11) is 0. The minimum absolute atomic E-state index is 0.0471. The molecule has 2 aliphatic heterocycles. The molecule has 0 unspecified atom stereocenters. The van der Waals surface area contributed by atoms with Crippen LogP contribution in [0.1, 0.15) is 26.3 Å². The lowest BCUT2D eigenvalue weighted by Gasteiger charge is -2.37. The number of nitrogens with one attached hydrogen (secondary N) is 1. The number of urea groups is 1. The molecule has 9 nitrogen and oxygen atoms in total. The molecule has 2 N–H and O–H groups in total. The number of hydrogen-bond donors (Lipinski definition) is 2. The fourth-order valence-electron chi connectivity index (χ4n) is 3.12. The van der Waals surface area contributed by atoms with Crippen molar-refractivity contribution in [2.24, 2.45) is 0 Å². The van der Waals surface area contributed by atoms with Gasteiger partial charge in [0, 0.05) is 37.3 Å². The van der Waals surface area contributed by atoms with Gasteiger partial charge >= 0.3 is 12.1 Å². The molecule has 0 atom stereocenters. The normalized spacial score (nSPS) is 17.7. The molecular weight excluding hydrogens is 350 g/mol. The maximum absolute atomic E-state index is 12.3. The van der Waals surface area contributed by atoms with Crippen molar-refractivity contribution in [3.63, 3.8) is 0 Å². The molecule has 1 fully saturated rings. The van der Waals surface area contributed by atoms with Crippen molar-refractivity contribution in [1.82, 2.24) is 20.1 Å². The third-order valence-electron chi connectivity index (χ3n) is 4.53. The number of amides is 3. The van der Waals surface area contributed by atoms with Gasteiger partial charge in [0.2, 0.25) is 5.88 Å². The molecule has 1 saturated heterocycles. The Morgan fingerprint density at radius 3 is 2.44 bits per heavy atom. The summed E-state index contributed by atoms with van der Waals surface area (Å²) in [5.41, 5.74) is 0.510. The zero-order chi connectivity index (χ0) is 19.6. The van der Waals surface area contributed by atoms with Crippen molar-refractivity contribution >= 4 is 17.9 Å². The van der Waals surface area contributed by atoms with Crippen LogP contribution in [0.4, 0.5) is 15.4 Å². The van der Waals surface area contributed by atoms with E-state index in [2.05, 4.69) is 15.2 Å².